The molecule has 0 fully saturated rings. The van der Waals surface area contributed by atoms with Gasteiger partial charge in [0, 0.05) is 6.20 Å². The molecule has 1 aliphatic rings. The van der Waals surface area contributed by atoms with E-state index in [9.17, 15) is 0 Å². The van der Waals surface area contributed by atoms with Crippen molar-refractivity contribution in [3.63, 3.8) is 0 Å². The Kier molecular flexibility index (Phi) is 3.08. The minimum absolute atomic E-state index is 0.255. The molecule has 0 amide bonds. The van der Waals surface area contributed by atoms with Crippen molar-refractivity contribution in [1.82, 2.24) is 14.5 Å². The number of nitrogens with zero attached hydrogens (tertiary/aromatic N) is 2. The number of H-pyrrole nitrogens is 1. The Morgan fingerprint density at radius 2 is 2.19 bits per heavy atom. The number of benzene rings is 1. The first-order chi connectivity index (χ1) is 10.2. The molecular formula is C16H14ClN3S. The zero-order chi connectivity index (χ0) is 14.4. The van der Waals surface area contributed by atoms with Crippen molar-refractivity contribution in [2.45, 2.75) is 25.3 Å². The summed E-state index contributed by atoms with van der Waals surface area (Å²) in [7, 11) is 0. The molecule has 0 saturated carbocycles. The zero-order valence-corrected chi connectivity index (χ0v) is 12.9. The Labute approximate surface area is 132 Å². The molecule has 1 aromatic carbocycles. The summed E-state index contributed by atoms with van der Waals surface area (Å²) in [6, 6.07) is 10.8. The van der Waals surface area contributed by atoms with E-state index < -0.39 is 0 Å². The average molecular weight is 316 g/mol. The molecule has 3 aromatic rings. The van der Waals surface area contributed by atoms with Gasteiger partial charge in [-0.05, 0) is 48.7 Å². The van der Waals surface area contributed by atoms with E-state index in [0.717, 1.165) is 24.0 Å². The number of halogens is 1. The Morgan fingerprint density at radius 3 is 3.10 bits per heavy atom. The maximum Gasteiger partial charge on any atom is 0.179 e. The number of fused-ring (bicyclic) bond motifs is 2. The maximum absolute atomic E-state index is 6.02. The predicted molar refractivity (Wildman–Crippen MR) is 87.4 cm³/mol. The summed E-state index contributed by atoms with van der Waals surface area (Å²) in [4.78, 5) is 7.71. The lowest BCUT2D eigenvalue weighted by atomic mass is 9.87. The van der Waals surface area contributed by atoms with E-state index in [0.29, 0.717) is 9.79 Å². The third-order valence-corrected chi connectivity index (χ3v) is 4.68. The number of nitrogens with one attached hydrogen (secondary N) is 1. The van der Waals surface area contributed by atoms with Gasteiger partial charge in [-0.3, -0.25) is 4.57 Å². The quantitative estimate of drug-likeness (QED) is 0.662. The van der Waals surface area contributed by atoms with E-state index in [-0.39, 0.29) is 6.04 Å². The summed E-state index contributed by atoms with van der Waals surface area (Å²) in [6.07, 6.45) is 5.08. The minimum Gasteiger partial charge on any atom is -0.329 e. The van der Waals surface area contributed by atoms with Gasteiger partial charge in [0.1, 0.15) is 0 Å². The van der Waals surface area contributed by atoms with Gasteiger partial charge >= 0.3 is 0 Å². The number of aryl methyl sites for hydroxylation is 1. The second kappa shape index (κ2) is 4.97. The topological polar surface area (TPSA) is 33.6 Å². The van der Waals surface area contributed by atoms with E-state index in [4.69, 9.17) is 23.8 Å². The second-order valence-corrected chi connectivity index (χ2v) is 6.25. The molecule has 0 saturated heterocycles. The molecule has 5 heteroatoms. The molecule has 1 aliphatic carbocycles. The van der Waals surface area contributed by atoms with Crippen LogP contribution in [-0.4, -0.2) is 14.5 Å². The van der Waals surface area contributed by atoms with Crippen molar-refractivity contribution in [3.05, 3.63) is 57.4 Å². The van der Waals surface area contributed by atoms with Gasteiger partial charge in [0.25, 0.3) is 0 Å². The van der Waals surface area contributed by atoms with E-state index in [1.54, 1.807) is 6.20 Å². The van der Waals surface area contributed by atoms with Crippen LogP contribution < -0.4 is 0 Å². The lowest BCUT2D eigenvalue weighted by Crippen LogP contribution is -2.17. The van der Waals surface area contributed by atoms with Crippen molar-refractivity contribution in [2.24, 2.45) is 0 Å². The number of hydrogen-bond acceptors (Lipinski definition) is 2. The smallest absolute Gasteiger partial charge is 0.179 e. The Morgan fingerprint density at radius 1 is 1.33 bits per heavy atom. The van der Waals surface area contributed by atoms with Crippen LogP contribution in [0.3, 0.4) is 0 Å². The summed E-state index contributed by atoms with van der Waals surface area (Å²) in [5.41, 5.74) is 4.55. The van der Waals surface area contributed by atoms with Gasteiger partial charge in [-0.1, -0.05) is 35.9 Å². The fourth-order valence-corrected chi connectivity index (χ4v) is 3.75. The van der Waals surface area contributed by atoms with Crippen LogP contribution in [-0.2, 0) is 6.42 Å². The molecule has 1 unspecified atom stereocenters. The van der Waals surface area contributed by atoms with Crippen molar-refractivity contribution >= 4 is 35.0 Å². The minimum atomic E-state index is 0.255. The highest BCUT2D eigenvalue weighted by Gasteiger charge is 2.24. The molecule has 1 atom stereocenters. The number of imidazole rings is 1. The molecule has 1 N–H and O–H groups in total. The third kappa shape index (κ3) is 2.10. The molecule has 21 heavy (non-hydrogen) atoms. The normalized spacial score (nSPS) is 17.9. The molecule has 2 aromatic heterocycles. The molecule has 2 heterocycles. The lowest BCUT2D eigenvalue weighted by Gasteiger charge is -2.26. The van der Waals surface area contributed by atoms with Gasteiger partial charge in [0.05, 0.1) is 16.6 Å². The van der Waals surface area contributed by atoms with Crippen molar-refractivity contribution in [1.29, 1.82) is 0 Å². The van der Waals surface area contributed by atoms with Crippen molar-refractivity contribution in [2.75, 3.05) is 0 Å². The van der Waals surface area contributed by atoms with Crippen LogP contribution in [0.4, 0.5) is 0 Å². The predicted octanol–water partition coefficient (Wildman–Crippen LogP) is 4.67. The van der Waals surface area contributed by atoms with Gasteiger partial charge in [-0.2, -0.15) is 0 Å². The lowest BCUT2D eigenvalue weighted by molar-refractivity contribution is 0.493. The molecule has 106 valence electrons. The number of hydrogen-bond donors (Lipinski definition) is 1. The summed E-state index contributed by atoms with van der Waals surface area (Å²) in [5.74, 6) is 0. The fourth-order valence-electron chi connectivity index (χ4n) is 3.27. The largest absolute Gasteiger partial charge is 0.329 e. The summed E-state index contributed by atoms with van der Waals surface area (Å²) in [6.45, 7) is 0. The van der Waals surface area contributed by atoms with Gasteiger partial charge in [0.2, 0.25) is 0 Å². The fraction of sp³-hybridized carbons (Fsp3) is 0.250. The number of aromatic nitrogens is 3. The third-order valence-electron chi connectivity index (χ3n) is 4.17. The SMILES string of the molecule is S=c1[nH]c2cc(Cl)cnc2n1C1CCCc2ccccc21. The first-order valence-electron chi connectivity index (χ1n) is 7.07. The van der Waals surface area contributed by atoms with Crippen molar-refractivity contribution in [3.8, 4) is 0 Å². The van der Waals surface area contributed by atoms with E-state index in [2.05, 4.69) is 38.8 Å². The van der Waals surface area contributed by atoms with Crippen LogP contribution in [0.15, 0.2) is 36.5 Å². The van der Waals surface area contributed by atoms with Gasteiger partial charge in [-0.25, -0.2) is 4.98 Å². The highest BCUT2D eigenvalue weighted by molar-refractivity contribution is 7.71. The highest BCUT2D eigenvalue weighted by Crippen LogP contribution is 2.34. The molecule has 4 rings (SSSR count). The van der Waals surface area contributed by atoms with Crippen LogP contribution in [0.1, 0.15) is 30.0 Å². The van der Waals surface area contributed by atoms with Crippen LogP contribution in [0, 0.1) is 4.77 Å². The standard InChI is InChI=1S/C16H14ClN3S/c17-11-8-13-15(18-9-11)20(16(21)19-13)14-7-3-5-10-4-1-2-6-12(10)14/h1-2,4,6,8-9,14H,3,5,7H2,(H,19,21). The Bertz CT molecular complexity index is 881. The van der Waals surface area contributed by atoms with Crippen molar-refractivity contribution < 1.29 is 0 Å². The summed E-state index contributed by atoms with van der Waals surface area (Å²) >= 11 is 11.6. The van der Waals surface area contributed by atoms with Gasteiger partial charge < -0.3 is 4.98 Å². The van der Waals surface area contributed by atoms with Crippen LogP contribution >= 0.6 is 23.8 Å². The Hall–Kier alpha value is -1.65. The maximum atomic E-state index is 6.02. The van der Waals surface area contributed by atoms with Gasteiger partial charge in [0.15, 0.2) is 10.4 Å². The monoisotopic (exact) mass is 315 g/mol. The number of rotatable bonds is 1. The zero-order valence-electron chi connectivity index (χ0n) is 11.3. The second-order valence-electron chi connectivity index (χ2n) is 5.43. The van der Waals surface area contributed by atoms with E-state index >= 15 is 0 Å². The molecule has 0 radical (unpaired) electrons. The highest BCUT2D eigenvalue weighted by atomic mass is 35.5. The molecular weight excluding hydrogens is 302 g/mol. The first kappa shape index (κ1) is 13.0. The molecule has 0 spiro atoms. The number of pyridine rings is 1. The van der Waals surface area contributed by atoms with Crippen LogP contribution in [0.2, 0.25) is 5.02 Å². The van der Waals surface area contributed by atoms with Gasteiger partial charge in [-0.15, -0.1) is 0 Å². The number of aromatic amines is 1. The average Bonchev–Trinajstić information content (AvgIpc) is 2.81. The van der Waals surface area contributed by atoms with Crippen LogP contribution in [0.5, 0.6) is 0 Å². The van der Waals surface area contributed by atoms with E-state index in [1.165, 1.54) is 17.5 Å². The first-order valence-corrected chi connectivity index (χ1v) is 7.86. The molecule has 0 bridgehead atoms. The van der Waals surface area contributed by atoms with Crippen LogP contribution in [0.25, 0.3) is 11.2 Å². The Balaban J connectivity index is 1.96. The summed E-state index contributed by atoms with van der Waals surface area (Å²) in [5, 5.41) is 0.620. The molecule has 0 aliphatic heterocycles. The van der Waals surface area contributed by atoms with E-state index in [1.807, 2.05) is 6.07 Å². The molecule has 3 nitrogen and oxygen atoms in total. The summed E-state index contributed by atoms with van der Waals surface area (Å²) < 4.78 is 2.85.